The van der Waals surface area contributed by atoms with Crippen molar-refractivity contribution in [2.24, 2.45) is 0 Å². The first-order chi connectivity index (χ1) is 9.91. The van der Waals surface area contributed by atoms with Crippen LogP contribution in [0.2, 0.25) is 0 Å². The molecule has 0 bridgehead atoms. The summed E-state index contributed by atoms with van der Waals surface area (Å²) in [4.78, 5) is 12.2. The van der Waals surface area contributed by atoms with Crippen molar-refractivity contribution in [1.82, 2.24) is 15.5 Å². The Labute approximate surface area is 139 Å². The van der Waals surface area contributed by atoms with Crippen molar-refractivity contribution in [3.8, 4) is 0 Å². The van der Waals surface area contributed by atoms with Gasteiger partial charge in [-0.3, -0.25) is 10.1 Å². The molecule has 0 saturated carbocycles. The molecule has 1 aromatic heterocycles. The van der Waals surface area contributed by atoms with Gasteiger partial charge < -0.3 is 4.74 Å². The Bertz CT molecular complexity index is 454. The lowest BCUT2D eigenvalue weighted by molar-refractivity contribution is -0.150. The average molecular weight is 350 g/mol. The lowest BCUT2D eigenvalue weighted by atomic mass is 9.98. The zero-order valence-electron chi connectivity index (χ0n) is 13.1. The molecule has 0 aliphatic rings. The number of hydrogen-bond donors (Lipinski definition) is 1. The molecule has 1 unspecified atom stereocenters. The number of thioether (sulfide) groups is 2. The summed E-state index contributed by atoms with van der Waals surface area (Å²) in [6, 6.07) is 0.217. The number of hydrogen-bond acceptors (Lipinski definition) is 8. The molecule has 120 valence electrons. The highest BCUT2D eigenvalue weighted by Gasteiger charge is 2.34. The van der Waals surface area contributed by atoms with Crippen molar-refractivity contribution in [1.29, 1.82) is 0 Å². The normalized spacial score (nSPS) is 14.2. The van der Waals surface area contributed by atoms with Crippen molar-refractivity contribution in [3.05, 3.63) is 0 Å². The van der Waals surface area contributed by atoms with E-state index in [2.05, 4.69) is 15.5 Å². The van der Waals surface area contributed by atoms with Crippen molar-refractivity contribution in [2.45, 2.75) is 54.4 Å². The van der Waals surface area contributed by atoms with Gasteiger partial charge in [0.1, 0.15) is 5.54 Å². The van der Waals surface area contributed by atoms with Crippen LogP contribution in [0.1, 0.15) is 34.1 Å². The topological polar surface area (TPSA) is 64.1 Å². The number of rotatable bonds is 9. The average Bonchev–Trinajstić information content (AvgIpc) is 2.86. The minimum absolute atomic E-state index is 0.193. The number of carbonyl (C=O) groups excluding carboxylic acids is 1. The Morgan fingerprint density at radius 1 is 1.43 bits per heavy atom. The first kappa shape index (κ1) is 18.7. The van der Waals surface area contributed by atoms with E-state index in [1.807, 2.05) is 34.0 Å². The first-order valence-electron chi connectivity index (χ1n) is 6.86. The Morgan fingerprint density at radius 3 is 2.62 bits per heavy atom. The van der Waals surface area contributed by atoms with Gasteiger partial charge in [0, 0.05) is 11.8 Å². The molecular weight excluding hydrogens is 326 g/mol. The van der Waals surface area contributed by atoms with E-state index >= 15 is 0 Å². The molecule has 0 fully saturated rings. The predicted octanol–water partition coefficient (Wildman–Crippen LogP) is 3.06. The number of carbonyl (C=O) groups is 1. The molecule has 1 atom stereocenters. The van der Waals surface area contributed by atoms with E-state index in [0.29, 0.717) is 13.0 Å². The maximum atomic E-state index is 12.2. The van der Waals surface area contributed by atoms with Crippen molar-refractivity contribution in [3.63, 3.8) is 0 Å². The van der Waals surface area contributed by atoms with Crippen molar-refractivity contribution in [2.75, 3.05) is 18.6 Å². The van der Waals surface area contributed by atoms with Crippen LogP contribution >= 0.6 is 34.9 Å². The fourth-order valence-corrected chi connectivity index (χ4v) is 4.51. The SMILES string of the molecule is CCOC(=O)C(C)(CCSc1nnc(SC)s1)NC(C)C. The van der Waals surface area contributed by atoms with E-state index in [1.54, 1.807) is 34.9 Å². The lowest BCUT2D eigenvalue weighted by Crippen LogP contribution is -2.53. The maximum Gasteiger partial charge on any atom is 0.326 e. The molecule has 0 aliphatic carbocycles. The van der Waals surface area contributed by atoms with E-state index in [0.717, 1.165) is 14.4 Å². The molecule has 0 aromatic carbocycles. The smallest absolute Gasteiger partial charge is 0.326 e. The quantitative estimate of drug-likeness (QED) is 0.543. The van der Waals surface area contributed by atoms with Gasteiger partial charge in [-0.1, -0.05) is 34.9 Å². The fourth-order valence-electron chi connectivity index (χ4n) is 1.84. The Hall–Kier alpha value is -0.310. The third-order valence-corrected chi connectivity index (χ3v) is 5.76. The van der Waals surface area contributed by atoms with Gasteiger partial charge in [-0.25, -0.2) is 0 Å². The van der Waals surface area contributed by atoms with E-state index in [1.165, 1.54) is 0 Å². The van der Waals surface area contributed by atoms with Crippen LogP contribution in [-0.4, -0.2) is 46.4 Å². The Balaban J connectivity index is 2.58. The van der Waals surface area contributed by atoms with E-state index in [-0.39, 0.29) is 12.0 Å². The highest BCUT2D eigenvalue weighted by molar-refractivity contribution is 8.02. The number of esters is 1. The molecule has 21 heavy (non-hydrogen) atoms. The molecule has 1 N–H and O–H groups in total. The molecule has 1 rings (SSSR count). The minimum Gasteiger partial charge on any atom is -0.465 e. The van der Waals surface area contributed by atoms with Crippen molar-refractivity contribution < 1.29 is 9.53 Å². The molecule has 0 aliphatic heterocycles. The summed E-state index contributed by atoms with van der Waals surface area (Å²) in [7, 11) is 0. The molecule has 0 radical (unpaired) electrons. The number of aromatic nitrogens is 2. The Kier molecular flexibility index (Phi) is 8.00. The molecule has 1 aromatic rings. The second-order valence-corrected chi connectivity index (χ2v) is 8.36. The van der Waals surface area contributed by atoms with Gasteiger partial charge in [0.05, 0.1) is 6.61 Å². The van der Waals surface area contributed by atoms with E-state index in [9.17, 15) is 4.79 Å². The largest absolute Gasteiger partial charge is 0.465 e. The molecule has 0 saturated heterocycles. The van der Waals surface area contributed by atoms with Gasteiger partial charge in [-0.2, -0.15) is 0 Å². The number of nitrogens with zero attached hydrogens (tertiary/aromatic N) is 2. The summed E-state index contributed by atoms with van der Waals surface area (Å²) in [5, 5.41) is 11.5. The van der Waals surface area contributed by atoms with Crippen LogP contribution in [-0.2, 0) is 9.53 Å². The first-order valence-corrected chi connectivity index (χ1v) is 9.89. The molecular formula is C13H23N3O2S3. The van der Waals surface area contributed by atoms with Crippen LogP contribution in [0.25, 0.3) is 0 Å². The van der Waals surface area contributed by atoms with Crippen LogP contribution in [0, 0.1) is 0 Å². The zero-order valence-corrected chi connectivity index (χ0v) is 15.6. The summed E-state index contributed by atoms with van der Waals surface area (Å²) in [6.07, 6.45) is 2.67. The summed E-state index contributed by atoms with van der Waals surface area (Å²) in [6.45, 7) is 8.18. The van der Waals surface area contributed by atoms with E-state index < -0.39 is 5.54 Å². The third kappa shape index (κ3) is 6.14. The molecule has 8 heteroatoms. The van der Waals surface area contributed by atoms with Gasteiger partial charge >= 0.3 is 5.97 Å². The summed E-state index contributed by atoms with van der Waals surface area (Å²) in [5.41, 5.74) is -0.662. The van der Waals surface area contributed by atoms with Gasteiger partial charge in [0.2, 0.25) is 0 Å². The summed E-state index contributed by atoms with van der Waals surface area (Å²) >= 11 is 4.81. The standard InChI is InChI=1S/C13H23N3O2S3/c1-6-18-10(17)13(4,14-9(2)3)7-8-20-12-16-15-11(19-5)21-12/h9,14H,6-8H2,1-5H3. The highest BCUT2D eigenvalue weighted by Crippen LogP contribution is 2.29. The number of nitrogens with one attached hydrogen (secondary N) is 1. The van der Waals surface area contributed by atoms with Crippen LogP contribution in [0.4, 0.5) is 0 Å². The monoisotopic (exact) mass is 349 g/mol. The lowest BCUT2D eigenvalue weighted by Gasteiger charge is -2.30. The van der Waals surface area contributed by atoms with Gasteiger partial charge in [-0.15, -0.1) is 10.2 Å². The zero-order chi connectivity index (χ0) is 15.9. The molecule has 1 heterocycles. The second kappa shape index (κ2) is 8.97. The van der Waals surface area contributed by atoms with Crippen LogP contribution < -0.4 is 5.32 Å². The van der Waals surface area contributed by atoms with Gasteiger partial charge in [0.25, 0.3) is 0 Å². The second-order valence-electron chi connectivity index (χ2n) is 4.99. The number of ether oxygens (including phenoxy) is 1. The highest BCUT2D eigenvalue weighted by atomic mass is 32.2. The maximum absolute atomic E-state index is 12.2. The van der Waals surface area contributed by atoms with Gasteiger partial charge in [0.15, 0.2) is 8.68 Å². The van der Waals surface area contributed by atoms with Crippen molar-refractivity contribution >= 4 is 40.8 Å². The van der Waals surface area contributed by atoms with E-state index in [4.69, 9.17) is 4.74 Å². The third-order valence-electron chi connectivity index (χ3n) is 2.72. The fraction of sp³-hybridized carbons (Fsp3) is 0.769. The molecule has 5 nitrogen and oxygen atoms in total. The minimum atomic E-state index is -0.662. The predicted molar refractivity (Wildman–Crippen MR) is 90.3 cm³/mol. The molecule has 0 spiro atoms. The summed E-state index contributed by atoms with van der Waals surface area (Å²) in [5.74, 6) is 0.597. The van der Waals surface area contributed by atoms with Crippen LogP contribution in [0.5, 0.6) is 0 Å². The van der Waals surface area contributed by atoms with Crippen LogP contribution in [0.3, 0.4) is 0 Å². The van der Waals surface area contributed by atoms with Gasteiger partial charge in [-0.05, 0) is 40.4 Å². The molecule has 0 amide bonds. The van der Waals surface area contributed by atoms with Crippen LogP contribution in [0.15, 0.2) is 8.68 Å². The Morgan fingerprint density at radius 2 is 2.10 bits per heavy atom. The summed E-state index contributed by atoms with van der Waals surface area (Å²) < 4.78 is 7.10.